The molecule has 0 heterocycles. The van der Waals surface area contributed by atoms with Gasteiger partial charge in [-0.3, -0.25) is 0 Å². The first kappa shape index (κ1) is 20.6. The van der Waals surface area contributed by atoms with Crippen molar-refractivity contribution >= 4 is 12.2 Å². The normalized spacial score (nSPS) is 13.4. The molecule has 1 N–H and O–H groups in total. The number of ether oxygens (including phenoxy) is 1. The molecule has 144 valence electrons. The number of nitrogens with one attached hydrogen (secondary N) is 1. The van der Waals surface area contributed by atoms with Crippen molar-refractivity contribution in [2.24, 2.45) is 0 Å². The van der Waals surface area contributed by atoms with Crippen LogP contribution in [0.25, 0.3) is 6.08 Å². The Hall–Kier alpha value is -2.76. The Morgan fingerprint density at radius 3 is 2.11 bits per heavy atom. The molecule has 0 saturated carbocycles. The molecule has 2 rings (SSSR count). The summed E-state index contributed by atoms with van der Waals surface area (Å²) in [6.07, 6.45) is -1.56. The van der Waals surface area contributed by atoms with Crippen LogP contribution in [-0.4, -0.2) is 11.7 Å². The second-order valence-electron chi connectivity index (χ2n) is 7.01. The molecular weight excluding hydrogens is 355 g/mol. The van der Waals surface area contributed by atoms with Gasteiger partial charge in [0.2, 0.25) is 0 Å². The maximum Gasteiger partial charge on any atom is 0.416 e. The van der Waals surface area contributed by atoms with Gasteiger partial charge in [-0.2, -0.15) is 13.2 Å². The molecule has 0 bridgehead atoms. The number of hydrogen-bond donors (Lipinski definition) is 1. The minimum absolute atomic E-state index is 0.515. The van der Waals surface area contributed by atoms with Crippen LogP contribution in [0, 0.1) is 0 Å². The minimum Gasteiger partial charge on any atom is -0.444 e. The summed E-state index contributed by atoms with van der Waals surface area (Å²) in [6.45, 7) is 5.21. The number of amides is 1. The fourth-order valence-electron chi connectivity index (χ4n) is 2.33. The molecule has 0 aliphatic carbocycles. The van der Waals surface area contributed by atoms with E-state index in [1.807, 2.05) is 30.3 Å². The second-order valence-corrected chi connectivity index (χ2v) is 7.01. The number of benzene rings is 2. The lowest BCUT2D eigenvalue weighted by atomic mass is 10.0. The van der Waals surface area contributed by atoms with Gasteiger partial charge in [-0.05, 0) is 44.0 Å². The van der Waals surface area contributed by atoms with Crippen molar-refractivity contribution in [3.63, 3.8) is 0 Å². The number of carbonyl (C=O) groups is 1. The molecule has 0 saturated heterocycles. The highest BCUT2D eigenvalue weighted by molar-refractivity contribution is 5.69. The molecule has 1 unspecified atom stereocenters. The monoisotopic (exact) mass is 377 g/mol. The van der Waals surface area contributed by atoms with E-state index in [1.54, 1.807) is 32.9 Å². The van der Waals surface area contributed by atoms with E-state index in [2.05, 4.69) is 5.32 Å². The molecule has 0 spiro atoms. The third-order valence-electron chi connectivity index (χ3n) is 3.55. The number of rotatable bonds is 4. The zero-order chi connectivity index (χ0) is 20.1. The van der Waals surface area contributed by atoms with Gasteiger partial charge in [-0.1, -0.05) is 54.6 Å². The Kier molecular flexibility index (Phi) is 6.31. The fourth-order valence-corrected chi connectivity index (χ4v) is 2.33. The molecule has 3 nitrogen and oxygen atoms in total. The standard InChI is InChI=1S/C21H22F3NO2/c1-20(2,3)27-19(26)25-18(14-9-15-7-5-4-6-8-15)16-10-12-17(13-11-16)21(22,23)24/h4-14,18H,1-3H3,(H,25,26)/b14-9+. The highest BCUT2D eigenvalue weighted by Gasteiger charge is 2.30. The van der Waals surface area contributed by atoms with Crippen molar-refractivity contribution in [1.29, 1.82) is 0 Å². The highest BCUT2D eigenvalue weighted by Crippen LogP contribution is 2.30. The summed E-state index contributed by atoms with van der Waals surface area (Å²) in [6, 6.07) is 13.4. The summed E-state index contributed by atoms with van der Waals surface area (Å²) >= 11 is 0. The largest absolute Gasteiger partial charge is 0.444 e. The van der Waals surface area contributed by atoms with Crippen molar-refractivity contribution in [3.05, 3.63) is 77.4 Å². The van der Waals surface area contributed by atoms with E-state index in [4.69, 9.17) is 4.74 Å². The van der Waals surface area contributed by atoms with Crippen LogP contribution < -0.4 is 5.32 Å². The lowest BCUT2D eigenvalue weighted by Crippen LogP contribution is -2.34. The number of halogens is 3. The summed E-state index contributed by atoms with van der Waals surface area (Å²) in [5, 5.41) is 2.69. The Morgan fingerprint density at radius 2 is 1.59 bits per heavy atom. The van der Waals surface area contributed by atoms with Crippen molar-refractivity contribution in [3.8, 4) is 0 Å². The van der Waals surface area contributed by atoms with Crippen LogP contribution in [0.4, 0.5) is 18.0 Å². The van der Waals surface area contributed by atoms with Gasteiger partial charge < -0.3 is 10.1 Å². The van der Waals surface area contributed by atoms with E-state index in [9.17, 15) is 18.0 Å². The zero-order valence-corrected chi connectivity index (χ0v) is 15.4. The molecule has 6 heteroatoms. The van der Waals surface area contributed by atoms with Crippen LogP contribution in [0.3, 0.4) is 0 Å². The topological polar surface area (TPSA) is 38.3 Å². The molecule has 0 radical (unpaired) electrons. The molecule has 0 aliphatic rings. The lowest BCUT2D eigenvalue weighted by molar-refractivity contribution is -0.137. The van der Waals surface area contributed by atoms with Gasteiger partial charge in [0.05, 0.1) is 11.6 Å². The summed E-state index contributed by atoms with van der Waals surface area (Å²) in [7, 11) is 0. The maximum atomic E-state index is 12.8. The molecule has 2 aromatic carbocycles. The van der Waals surface area contributed by atoms with Gasteiger partial charge in [-0.25, -0.2) is 4.79 Å². The summed E-state index contributed by atoms with van der Waals surface area (Å²) in [4.78, 5) is 12.1. The Bertz CT molecular complexity index is 776. The third-order valence-corrected chi connectivity index (χ3v) is 3.55. The predicted octanol–water partition coefficient (Wildman–Crippen LogP) is 5.98. The number of alkyl halides is 3. The van der Waals surface area contributed by atoms with Crippen LogP contribution in [0.5, 0.6) is 0 Å². The van der Waals surface area contributed by atoms with Crippen molar-refractivity contribution < 1.29 is 22.7 Å². The van der Waals surface area contributed by atoms with Crippen LogP contribution in [-0.2, 0) is 10.9 Å². The van der Waals surface area contributed by atoms with Gasteiger partial charge in [0, 0.05) is 0 Å². The predicted molar refractivity (Wildman–Crippen MR) is 99.0 cm³/mol. The van der Waals surface area contributed by atoms with Gasteiger partial charge >= 0.3 is 12.3 Å². The second kappa shape index (κ2) is 8.29. The van der Waals surface area contributed by atoms with Crippen molar-refractivity contribution in [2.45, 2.75) is 38.6 Å². The van der Waals surface area contributed by atoms with Crippen LogP contribution in [0.1, 0.15) is 43.5 Å². The number of hydrogen-bond acceptors (Lipinski definition) is 2. The van der Waals surface area contributed by atoms with Crippen molar-refractivity contribution in [1.82, 2.24) is 5.32 Å². The summed E-state index contributed by atoms with van der Waals surface area (Å²) in [5.41, 5.74) is -0.00600. The molecule has 0 fully saturated rings. The Morgan fingerprint density at radius 1 is 1.00 bits per heavy atom. The molecule has 0 aromatic heterocycles. The summed E-state index contributed by atoms with van der Waals surface area (Å²) in [5.74, 6) is 0. The van der Waals surface area contributed by atoms with E-state index in [0.717, 1.165) is 17.7 Å². The van der Waals surface area contributed by atoms with E-state index >= 15 is 0 Å². The first-order valence-corrected chi connectivity index (χ1v) is 8.44. The summed E-state index contributed by atoms with van der Waals surface area (Å²) < 4.78 is 43.6. The third kappa shape index (κ3) is 6.81. The smallest absolute Gasteiger partial charge is 0.416 e. The first-order valence-electron chi connectivity index (χ1n) is 8.44. The van der Waals surface area contributed by atoms with Crippen LogP contribution in [0.2, 0.25) is 0 Å². The average Bonchev–Trinajstić information content (AvgIpc) is 2.57. The lowest BCUT2D eigenvalue weighted by Gasteiger charge is -2.22. The highest BCUT2D eigenvalue weighted by atomic mass is 19.4. The average molecular weight is 377 g/mol. The van der Waals surface area contributed by atoms with E-state index in [0.29, 0.717) is 5.56 Å². The Balaban J connectivity index is 2.25. The van der Waals surface area contributed by atoms with Crippen LogP contribution >= 0.6 is 0 Å². The Labute approximate surface area is 156 Å². The molecule has 27 heavy (non-hydrogen) atoms. The molecule has 2 aromatic rings. The van der Waals surface area contributed by atoms with Crippen molar-refractivity contribution in [2.75, 3.05) is 0 Å². The van der Waals surface area contributed by atoms with E-state index < -0.39 is 29.5 Å². The van der Waals surface area contributed by atoms with Gasteiger partial charge in [0.25, 0.3) is 0 Å². The van der Waals surface area contributed by atoms with Gasteiger partial charge in [0.1, 0.15) is 5.60 Å². The zero-order valence-electron chi connectivity index (χ0n) is 15.4. The van der Waals surface area contributed by atoms with Gasteiger partial charge in [-0.15, -0.1) is 0 Å². The molecule has 0 aliphatic heterocycles. The fraction of sp³-hybridized carbons (Fsp3) is 0.286. The quantitative estimate of drug-likeness (QED) is 0.711. The van der Waals surface area contributed by atoms with E-state index in [1.165, 1.54) is 12.1 Å². The number of alkyl carbamates (subject to hydrolysis) is 1. The maximum absolute atomic E-state index is 12.8. The SMILES string of the molecule is CC(C)(C)OC(=O)NC(/C=C/c1ccccc1)c1ccc(C(F)(F)F)cc1. The number of carbonyl (C=O) groups excluding carboxylic acids is 1. The van der Waals surface area contributed by atoms with E-state index in [-0.39, 0.29) is 0 Å². The van der Waals surface area contributed by atoms with Gasteiger partial charge in [0.15, 0.2) is 0 Å². The first-order chi connectivity index (χ1) is 12.5. The molecular formula is C21H22F3NO2. The molecule has 1 amide bonds. The minimum atomic E-state index is -4.41. The van der Waals surface area contributed by atoms with Crippen LogP contribution in [0.15, 0.2) is 60.7 Å². The molecule has 1 atom stereocenters.